The van der Waals surface area contributed by atoms with Gasteiger partial charge in [-0.25, -0.2) is 0 Å². The van der Waals surface area contributed by atoms with Crippen LogP contribution in [-0.2, 0) is 0 Å². The molecule has 0 amide bonds. The van der Waals surface area contributed by atoms with E-state index >= 15 is 0 Å². The SMILES string of the molecule is C[P@](C[P@](C)C(C)(C)C)C(C)(C)C. The summed E-state index contributed by atoms with van der Waals surface area (Å²) in [7, 11) is 0.407. The largest absolute Gasteiger partial charge is 0.1000 e. The highest BCUT2D eigenvalue weighted by atomic mass is 31.2. The molecule has 0 saturated carbocycles. The van der Waals surface area contributed by atoms with E-state index in [4.69, 9.17) is 0 Å². The molecule has 0 spiro atoms. The van der Waals surface area contributed by atoms with Crippen LogP contribution in [0.1, 0.15) is 41.5 Å². The van der Waals surface area contributed by atoms with E-state index in [1.165, 1.54) is 5.90 Å². The van der Waals surface area contributed by atoms with Crippen LogP contribution >= 0.6 is 15.8 Å². The van der Waals surface area contributed by atoms with Crippen LogP contribution in [0.2, 0.25) is 0 Å². The van der Waals surface area contributed by atoms with Gasteiger partial charge in [-0.15, -0.1) is 0 Å². The van der Waals surface area contributed by atoms with Gasteiger partial charge in [0.15, 0.2) is 0 Å². The van der Waals surface area contributed by atoms with Gasteiger partial charge in [0, 0.05) is 0 Å². The maximum atomic E-state index is 2.46. The highest BCUT2D eigenvalue weighted by Crippen LogP contribution is 2.59. The van der Waals surface area contributed by atoms with Crippen molar-refractivity contribution in [1.82, 2.24) is 0 Å². The maximum Gasteiger partial charge on any atom is -0.0116 e. The first-order chi connectivity index (χ1) is 5.55. The van der Waals surface area contributed by atoms with Crippen molar-refractivity contribution in [2.45, 2.75) is 51.9 Å². The fraction of sp³-hybridized carbons (Fsp3) is 1.00. The van der Waals surface area contributed by atoms with Gasteiger partial charge in [-0.3, -0.25) is 0 Å². The molecule has 2 atom stereocenters. The summed E-state index contributed by atoms with van der Waals surface area (Å²) in [4.78, 5) is 0. The molecule has 0 aliphatic carbocycles. The molecular weight excluding hydrogens is 194 g/mol. The first-order valence-electron chi connectivity index (χ1n) is 4.97. The normalized spacial score (nSPS) is 18.5. The van der Waals surface area contributed by atoms with Crippen molar-refractivity contribution in [3.8, 4) is 0 Å². The quantitative estimate of drug-likeness (QED) is 0.588. The molecule has 0 rings (SSSR count). The van der Waals surface area contributed by atoms with E-state index in [-0.39, 0.29) is 15.8 Å². The second-order valence-corrected chi connectivity index (χ2v) is 12.5. The van der Waals surface area contributed by atoms with E-state index < -0.39 is 0 Å². The maximum absolute atomic E-state index is 2.46. The zero-order valence-electron chi connectivity index (χ0n) is 10.6. The first-order valence-corrected chi connectivity index (χ1v) is 8.92. The minimum Gasteiger partial charge on any atom is -0.1000 e. The fourth-order valence-electron chi connectivity index (χ4n) is 0.742. The predicted octanol–water partition coefficient (Wildman–Crippen LogP) is 4.76. The molecule has 13 heavy (non-hydrogen) atoms. The highest BCUT2D eigenvalue weighted by molar-refractivity contribution is 7.75. The molecule has 0 aromatic heterocycles. The number of hydrogen-bond donors (Lipinski definition) is 0. The van der Waals surface area contributed by atoms with E-state index in [9.17, 15) is 0 Å². The van der Waals surface area contributed by atoms with Gasteiger partial charge in [-0.2, -0.15) is 0 Å². The standard InChI is InChI=1S/C11H26P2/c1-10(2,3)12(7)9-13(8)11(4,5)6/h9H2,1-8H3/t12-,13+. The number of hydrogen-bond acceptors (Lipinski definition) is 0. The van der Waals surface area contributed by atoms with Gasteiger partial charge in [0.2, 0.25) is 0 Å². The molecule has 0 radical (unpaired) electrons. The molecule has 0 aromatic rings. The lowest BCUT2D eigenvalue weighted by atomic mass is 10.3. The van der Waals surface area contributed by atoms with Crippen LogP contribution in [0.4, 0.5) is 0 Å². The lowest BCUT2D eigenvalue weighted by Gasteiger charge is -2.35. The molecular formula is C11H26P2. The van der Waals surface area contributed by atoms with Crippen molar-refractivity contribution in [3.05, 3.63) is 0 Å². The van der Waals surface area contributed by atoms with Crippen LogP contribution in [0.15, 0.2) is 0 Å². The summed E-state index contributed by atoms with van der Waals surface area (Å²) < 4.78 is 0. The van der Waals surface area contributed by atoms with E-state index in [1.807, 2.05) is 0 Å². The third-order valence-corrected chi connectivity index (χ3v) is 10.7. The molecule has 0 bridgehead atoms. The second-order valence-electron chi connectivity index (χ2n) is 5.88. The van der Waals surface area contributed by atoms with Crippen molar-refractivity contribution >= 4 is 15.8 Å². The summed E-state index contributed by atoms with van der Waals surface area (Å²) in [5.74, 6) is 1.47. The van der Waals surface area contributed by atoms with Gasteiger partial charge in [-0.05, 0) is 29.5 Å². The van der Waals surface area contributed by atoms with Crippen LogP contribution in [0, 0.1) is 0 Å². The van der Waals surface area contributed by atoms with Crippen LogP contribution in [0.3, 0.4) is 0 Å². The Bertz CT molecular complexity index is 132. The lowest BCUT2D eigenvalue weighted by molar-refractivity contribution is 0.778. The van der Waals surface area contributed by atoms with Crippen molar-refractivity contribution in [2.24, 2.45) is 0 Å². The molecule has 0 heterocycles. The summed E-state index contributed by atoms with van der Waals surface area (Å²) in [6, 6.07) is 0. The molecule has 0 nitrogen and oxygen atoms in total. The summed E-state index contributed by atoms with van der Waals surface area (Å²) in [5, 5.41) is 1.08. The van der Waals surface area contributed by atoms with Gasteiger partial charge in [0.05, 0.1) is 0 Å². The first kappa shape index (κ1) is 13.9. The van der Waals surface area contributed by atoms with Crippen LogP contribution in [0.5, 0.6) is 0 Å². The van der Waals surface area contributed by atoms with Gasteiger partial charge >= 0.3 is 0 Å². The summed E-state index contributed by atoms with van der Waals surface area (Å²) in [5.41, 5.74) is 0. The van der Waals surface area contributed by atoms with Crippen molar-refractivity contribution in [1.29, 1.82) is 0 Å². The smallest absolute Gasteiger partial charge is 0.0116 e. The molecule has 2 heteroatoms. The molecule has 0 aliphatic heterocycles. The third kappa shape index (κ3) is 5.34. The Kier molecular flexibility index (Phi) is 4.89. The van der Waals surface area contributed by atoms with Crippen molar-refractivity contribution < 1.29 is 0 Å². The zero-order valence-corrected chi connectivity index (χ0v) is 12.4. The van der Waals surface area contributed by atoms with Crippen molar-refractivity contribution in [2.75, 3.05) is 19.2 Å². The van der Waals surface area contributed by atoms with Crippen LogP contribution in [0.25, 0.3) is 0 Å². The van der Waals surface area contributed by atoms with Crippen LogP contribution in [-0.4, -0.2) is 29.5 Å². The van der Waals surface area contributed by atoms with Gasteiger partial charge in [-0.1, -0.05) is 57.4 Å². The minimum atomic E-state index is 0.204. The van der Waals surface area contributed by atoms with Crippen molar-refractivity contribution in [3.63, 3.8) is 0 Å². The monoisotopic (exact) mass is 220 g/mol. The van der Waals surface area contributed by atoms with Gasteiger partial charge in [0.25, 0.3) is 0 Å². The Morgan fingerprint density at radius 1 is 0.692 bits per heavy atom. The van der Waals surface area contributed by atoms with Gasteiger partial charge in [0.1, 0.15) is 0 Å². The fourth-order valence-corrected chi connectivity index (χ4v) is 6.68. The molecule has 0 unspecified atom stereocenters. The Hall–Kier alpha value is 0.860. The molecule has 0 aromatic carbocycles. The highest BCUT2D eigenvalue weighted by Gasteiger charge is 2.26. The Morgan fingerprint density at radius 3 is 1.08 bits per heavy atom. The minimum absolute atomic E-state index is 0.204. The average Bonchev–Trinajstić information content (AvgIpc) is 1.82. The molecule has 0 aliphatic rings. The Morgan fingerprint density at radius 2 is 0.923 bits per heavy atom. The third-order valence-electron chi connectivity index (χ3n) is 2.71. The van der Waals surface area contributed by atoms with Gasteiger partial charge < -0.3 is 0 Å². The average molecular weight is 220 g/mol. The lowest BCUT2D eigenvalue weighted by Crippen LogP contribution is -2.17. The summed E-state index contributed by atoms with van der Waals surface area (Å²) in [6.45, 7) is 19.2. The Labute approximate surface area is 87.4 Å². The molecule has 0 fully saturated rings. The van der Waals surface area contributed by atoms with E-state index in [2.05, 4.69) is 54.9 Å². The van der Waals surface area contributed by atoms with E-state index in [0.29, 0.717) is 10.3 Å². The second kappa shape index (κ2) is 4.59. The predicted molar refractivity (Wildman–Crippen MR) is 70.1 cm³/mol. The number of rotatable bonds is 2. The molecule has 0 N–H and O–H groups in total. The zero-order chi connectivity index (χ0) is 10.9. The van der Waals surface area contributed by atoms with E-state index in [1.54, 1.807) is 0 Å². The topological polar surface area (TPSA) is 0 Å². The Balaban J connectivity index is 4.15. The summed E-state index contributed by atoms with van der Waals surface area (Å²) in [6.07, 6.45) is 0. The van der Waals surface area contributed by atoms with E-state index in [0.717, 1.165) is 0 Å². The summed E-state index contributed by atoms with van der Waals surface area (Å²) >= 11 is 0. The van der Waals surface area contributed by atoms with Crippen LogP contribution < -0.4 is 0 Å². The molecule has 80 valence electrons. The molecule has 0 saturated heterocycles.